The number of amides is 2. The van der Waals surface area contributed by atoms with Gasteiger partial charge in [0, 0.05) is 25.9 Å². The van der Waals surface area contributed by atoms with E-state index in [4.69, 9.17) is 4.74 Å². The lowest BCUT2D eigenvalue weighted by Gasteiger charge is -2.36. The number of rotatable bonds is 3. The fourth-order valence-electron chi connectivity index (χ4n) is 3.88. The van der Waals surface area contributed by atoms with Gasteiger partial charge in [-0.05, 0) is 30.5 Å². The van der Waals surface area contributed by atoms with Crippen molar-refractivity contribution >= 4 is 17.8 Å². The number of imide groups is 1. The molecule has 138 valence electrons. The van der Waals surface area contributed by atoms with Crippen LogP contribution in [0.2, 0.25) is 0 Å². The lowest BCUT2D eigenvalue weighted by molar-refractivity contribution is -0.185. The summed E-state index contributed by atoms with van der Waals surface area (Å²) in [6, 6.07) is 7.55. The second kappa shape index (κ2) is 7.17. The summed E-state index contributed by atoms with van der Waals surface area (Å²) in [6.07, 6.45) is 2.32. The molecule has 0 aromatic heterocycles. The largest absolute Gasteiger partial charge is 0.451 e. The third-order valence-corrected chi connectivity index (χ3v) is 5.30. The first-order valence-electron chi connectivity index (χ1n) is 9.26. The first-order valence-corrected chi connectivity index (χ1v) is 9.26. The maximum atomic E-state index is 12.9. The molecule has 0 radical (unpaired) electrons. The summed E-state index contributed by atoms with van der Waals surface area (Å²) < 4.78 is 5.49. The molecule has 7 heteroatoms. The maximum Gasteiger partial charge on any atom is 0.323 e. The van der Waals surface area contributed by atoms with Crippen LogP contribution in [0.3, 0.4) is 0 Å². The van der Waals surface area contributed by atoms with Crippen molar-refractivity contribution in [3.8, 4) is 0 Å². The van der Waals surface area contributed by atoms with Gasteiger partial charge in [0.15, 0.2) is 6.10 Å². The quantitative estimate of drug-likeness (QED) is 0.645. The zero-order valence-corrected chi connectivity index (χ0v) is 14.6. The number of esters is 1. The van der Waals surface area contributed by atoms with Gasteiger partial charge in [-0.25, -0.2) is 10.0 Å². The molecule has 0 spiro atoms. The Labute approximate surface area is 152 Å². The highest BCUT2D eigenvalue weighted by Crippen LogP contribution is 2.28. The number of hydrogen-bond acceptors (Lipinski definition) is 6. The number of carbonyl (C=O) groups is 3. The second-order valence-corrected chi connectivity index (χ2v) is 7.10. The van der Waals surface area contributed by atoms with E-state index >= 15 is 0 Å². The number of ether oxygens (including phenoxy) is 1. The van der Waals surface area contributed by atoms with Crippen LogP contribution in [0.4, 0.5) is 0 Å². The molecule has 1 N–H and O–H groups in total. The van der Waals surface area contributed by atoms with E-state index in [1.54, 1.807) is 5.01 Å². The monoisotopic (exact) mass is 357 g/mol. The number of piperidine rings is 2. The van der Waals surface area contributed by atoms with Crippen molar-refractivity contribution < 1.29 is 19.1 Å². The maximum absolute atomic E-state index is 12.9. The minimum absolute atomic E-state index is 0.203. The van der Waals surface area contributed by atoms with Crippen molar-refractivity contribution in [2.24, 2.45) is 0 Å². The van der Waals surface area contributed by atoms with Crippen molar-refractivity contribution in [1.82, 2.24) is 15.3 Å². The number of carbonyl (C=O) groups excluding carboxylic acids is 3. The summed E-state index contributed by atoms with van der Waals surface area (Å²) in [6.45, 7) is 1.81. The molecule has 7 nitrogen and oxygen atoms in total. The third kappa shape index (κ3) is 3.24. The Morgan fingerprint density at radius 3 is 2.46 bits per heavy atom. The minimum atomic E-state index is -0.882. The van der Waals surface area contributed by atoms with Crippen molar-refractivity contribution in [2.45, 2.75) is 57.3 Å². The van der Waals surface area contributed by atoms with Gasteiger partial charge in [0.1, 0.15) is 6.04 Å². The Morgan fingerprint density at radius 2 is 1.81 bits per heavy atom. The van der Waals surface area contributed by atoms with Gasteiger partial charge in [0.2, 0.25) is 5.91 Å². The van der Waals surface area contributed by atoms with Crippen LogP contribution in [0.1, 0.15) is 43.2 Å². The van der Waals surface area contributed by atoms with Crippen molar-refractivity contribution in [3.05, 3.63) is 35.4 Å². The molecule has 1 aromatic rings. The molecule has 2 fully saturated rings. The molecular formula is C19H23N3O4. The van der Waals surface area contributed by atoms with Crippen LogP contribution in [0.15, 0.2) is 24.3 Å². The van der Waals surface area contributed by atoms with Gasteiger partial charge < -0.3 is 10.1 Å². The summed E-state index contributed by atoms with van der Waals surface area (Å²) in [5.41, 5.74) is 2.22. The zero-order chi connectivity index (χ0) is 18.1. The molecule has 3 aliphatic heterocycles. The SMILES string of the molecule is O=C(OC1CCC(=O)N(N2Cc3ccccc3C2)C1=O)C1CCCCN1. The summed E-state index contributed by atoms with van der Waals surface area (Å²) in [5, 5.41) is 6.07. The van der Waals surface area contributed by atoms with Crippen LogP contribution in [0, 0.1) is 0 Å². The van der Waals surface area contributed by atoms with Crippen molar-refractivity contribution in [3.63, 3.8) is 0 Å². The molecule has 2 saturated heterocycles. The minimum Gasteiger partial charge on any atom is -0.451 e. The smallest absolute Gasteiger partial charge is 0.323 e. The molecule has 3 heterocycles. The highest BCUT2D eigenvalue weighted by atomic mass is 16.6. The summed E-state index contributed by atoms with van der Waals surface area (Å²) in [7, 11) is 0. The lowest BCUT2D eigenvalue weighted by atomic mass is 10.0. The lowest BCUT2D eigenvalue weighted by Crippen LogP contribution is -2.56. The molecule has 4 rings (SSSR count). The zero-order valence-electron chi connectivity index (χ0n) is 14.6. The second-order valence-electron chi connectivity index (χ2n) is 7.10. The van der Waals surface area contributed by atoms with Crippen LogP contribution >= 0.6 is 0 Å². The molecule has 0 bridgehead atoms. The van der Waals surface area contributed by atoms with E-state index in [2.05, 4.69) is 5.32 Å². The van der Waals surface area contributed by atoms with Crippen LogP contribution in [-0.2, 0) is 32.2 Å². The molecular weight excluding hydrogens is 334 g/mol. The highest BCUT2D eigenvalue weighted by molar-refractivity contribution is 6.00. The number of nitrogens with one attached hydrogen (secondary N) is 1. The van der Waals surface area contributed by atoms with Gasteiger partial charge in [0.05, 0.1) is 0 Å². The van der Waals surface area contributed by atoms with E-state index in [1.165, 1.54) is 5.01 Å². The Balaban J connectivity index is 1.44. The number of hydrazine groups is 1. The van der Waals surface area contributed by atoms with Gasteiger partial charge >= 0.3 is 5.97 Å². The van der Waals surface area contributed by atoms with Crippen LogP contribution < -0.4 is 5.32 Å². The van der Waals surface area contributed by atoms with Gasteiger partial charge in [0.25, 0.3) is 5.91 Å². The molecule has 26 heavy (non-hydrogen) atoms. The number of benzene rings is 1. The normalized spacial score (nSPS) is 26.7. The van der Waals surface area contributed by atoms with E-state index in [0.717, 1.165) is 36.9 Å². The van der Waals surface area contributed by atoms with Crippen molar-refractivity contribution in [1.29, 1.82) is 0 Å². The van der Waals surface area contributed by atoms with Crippen LogP contribution in [0.5, 0.6) is 0 Å². The average Bonchev–Trinajstić information content (AvgIpc) is 3.08. The molecule has 0 saturated carbocycles. The first-order chi connectivity index (χ1) is 12.6. The van der Waals surface area contributed by atoms with Crippen LogP contribution in [-0.4, -0.2) is 46.5 Å². The summed E-state index contributed by atoms with van der Waals surface area (Å²) >= 11 is 0. The summed E-state index contributed by atoms with van der Waals surface area (Å²) in [4.78, 5) is 37.6. The fraction of sp³-hybridized carbons (Fsp3) is 0.526. The Hall–Kier alpha value is -2.25. The Kier molecular flexibility index (Phi) is 4.74. The number of nitrogens with zero attached hydrogens (tertiary/aromatic N) is 2. The molecule has 2 atom stereocenters. The van der Waals surface area contributed by atoms with Gasteiger partial charge in [-0.15, -0.1) is 0 Å². The van der Waals surface area contributed by atoms with E-state index in [9.17, 15) is 14.4 Å². The van der Waals surface area contributed by atoms with Gasteiger partial charge in [-0.3, -0.25) is 14.4 Å². The standard InChI is InChI=1S/C19H23N3O4/c23-17-9-8-16(26-19(25)15-7-3-4-10-20-15)18(24)22(17)21-11-13-5-1-2-6-14(13)12-21/h1-2,5-6,15-16,20H,3-4,7-12H2. The summed E-state index contributed by atoms with van der Waals surface area (Å²) in [5.74, 6) is -1.05. The fourth-order valence-corrected chi connectivity index (χ4v) is 3.88. The van der Waals surface area contributed by atoms with Crippen molar-refractivity contribution in [2.75, 3.05) is 6.54 Å². The Bertz CT molecular complexity index is 704. The molecule has 1 aromatic carbocycles. The van der Waals surface area contributed by atoms with E-state index in [1.807, 2.05) is 24.3 Å². The molecule has 3 aliphatic rings. The molecule has 0 aliphatic carbocycles. The topological polar surface area (TPSA) is 79.0 Å². The van der Waals surface area contributed by atoms with E-state index < -0.39 is 12.0 Å². The first kappa shape index (κ1) is 17.2. The van der Waals surface area contributed by atoms with Gasteiger partial charge in [-0.2, -0.15) is 0 Å². The molecule has 2 amide bonds. The molecule has 2 unspecified atom stereocenters. The van der Waals surface area contributed by atoms with E-state index in [-0.39, 0.29) is 30.8 Å². The average molecular weight is 357 g/mol. The highest BCUT2D eigenvalue weighted by Gasteiger charge is 2.42. The van der Waals surface area contributed by atoms with Gasteiger partial charge in [-0.1, -0.05) is 30.7 Å². The van der Waals surface area contributed by atoms with E-state index in [0.29, 0.717) is 13.1 Å². The predicted octanol–water partition coefficient (Wildman–Crippen LogP) is 1.12. The third-order valence-electron chi connectivity index (χ3n) is 5.30. The number of hydrogen-bond donors (Lipinski definition) is 1. The Morgan fingerprint density at radius 1 is 1.08 bits per heavy atom. The van der Waals surface area contributed by atoms with Crippen LogP contribution in [0.25, 0.3) is 0 Å². The number of fused-ring (bicyclic) bond motifs is 1. The predicted molar refractivity (Wildman–Crippen MR) is 92.3 cm³/mol.